The van der Waals surface area contributed by atoms with Crippen LogP contribution in [0.2, 0.25) is 0 Å². The Bertz CT molecular complexity index is 605. The second-order valence-electron chi connectivity index (χ2n) is 16.7. The summed E-state index contributed by atoms with van der Waals surface area (Å²) >= 11 is 0. The van der Waals surface area contributed by atoms with Crippen molar-refractivity contribution in [2.45, 2.75) is 168 Å². The van der Waals surface area contributed by atoms with Gasteiger partial charge in [-0.25, -0.2) is 0 Å². The second kappa shape index (κ2) is 8.43. The molecule has 0 aromatic rings. The van der Waals surface area contributed by atoms with Crippen molar-refractivity contribution in [1.82, 2.24) is 16.0 Å². The van der Waals surface area contributed by atoms with Crippen LogP contribution in [0.1, 0.15) is 129 Å². The van der Waals surface area contributed by atoms with Crippen LogP contribution in [0.15, 0.2) is 0 Å². The first kappa shape index (κ1) is 28.4. The summed E-state index contributed by atoms with van der Waals surface area (Å²) in [6, 6.07) is 0. The van der Waals surface area contributed by atoms with Crippen molar-refractivity contribution < 1.29 is 5.11 Å². The average Bonchev–Trinajstić information content (AvgIpc) is 2.45. The number of aliphatic hydroxyl groups is 1. The molecule has 1 atom stereocenters. The highest BCUT2D eigenvalue weighted by atomic mass is 16.3. The number of nitrogens with one attached hydrogen (secondary N) is 3. The molecule has 0 spiro atoms. The van der Waals surface area contributed by atoms with Crippen LogP contribution in [-0.4, -0.2) is 44.4 Å². The lowest BCUT2D eigenvalue weighted by atomic mass is 9.45. The molecule has 3 aliphatic rings. The average molecular weight is 478 g/mol. The third-order valence-corrected chi connectivity index (χ3v) is 9.42. The number of aliphatic hydroxyl groups excluding tert-OH is 1. The highest BCUT2D eigenvalue weighted by Gasteiger charge is 2.61. The molecule has 4 heteroatoms. The number of rotatable bonds is 4. The predicted octanol–water partition coefficient (Wildman–Crippen LogP) is 6.02. The minimum absolute atomic E-state index is 0.0580. The van der Waals surface area contributed by atoms with Crippen molar-refractivity contribution in [1.29, 1.82) is 0 Å². The lowest BCUT2D eigenvalue weighted by molar-refractivity contribution is -0.165. The molecule has 4 N–H and O–H groups in total. The smallest absolute Gasteiger partial charge is 0.0576 e. The van der Waals surface area contributed by atoms with Crippen LogP contribution in [0.5, 0.6) is 0 Å². The summed E-state index contributed by atoms with van der Waals surface area (Å²) in [5.41, 5.74) is 0.227. The van der Waals surface area contributed by atoms with Gasteiger partial charge < -0.3 is 21.1 Å². The second-order valence-corrected chi connectivity index (χ2v) is 16.7. The molecule has 0 aromatic carbocycles. The van der Waals surface area contributed by atoms with E-state index in [0.29, 0.717) is 17.8 Å². The molecule has 0 radical (unpaired) electrons. The van der Waals surface area contributed by atoms with E-state index in [9.17, 15) is 5.11 Å². The van der Waals surface area contributed by atoms with E-state index >= 15 is 0 Å². The Morgan fingerprint density at radius 2 is 0.676 bits per heavy atom. The summed E-state index contributed by atoms with van der Waals surface area (Å²) in [5.74, 6) is 1.43. The number of hydrogen-bond acceptors (Lipinski definition) is 4. The Morgan fingerprint density at radius 1 is 0.500 bits per heavy atom. The van der Waals surface area contributed by atoms with E-state index in [1.807, 2.05) is 0 Å². The minimum Gasteiger partial charge on any atom is -0.393 e. The van der Waals surface area contributed by atoms with Crippen LogP contribution < -0.4 is 16.0 Å². The van der Waals surface area contributed by atoms with Crippen LogP contribution in [0.4, 0.5) is 0 Å². The van der Waals surface area contributed by atoms with E-state index < -0.39 is 0 Å². The van der Waals surface area contributed by atoms with E-state index in [2.05, 4.69) is 106 Å². The largest absolute Gasteiger partial charge is 0.393 e. The predicted molar refractivity (Wildman–Crippen MR) is 146 cm³/mol. The van der Waals surface area contributed by atoms with Gasteiger partial charge in [-0.05, 0) is 146 Å². The van der Waals surface area contributed by atoms with Crippen molar-refractivity contribution in [3.63, 3.8) is 0 Å². The van der Waals surface area contributed by atoms with Gasteiger partial charge in [-0.2, -0.15) is 0 Å². The summed E-state index contributed by atoms with van der Waals surface area (Å²) in [6.07, 6.45) is 6.39. The molecule has 0 aromatic heterocycles. The highest BCUT2D eigenvalue weighted by Crippen LogP contribution is 2.61. The SMILES string of the molecule is CC(O)C(C1CC(C)(C)NC(C)(C)C1)(C1CC(C)(C)NC(C)(C)C1)C1CC(C)(C)NC(C)(C)C1. The van der Waals surface area contributed by atoms with Gasteiger partial charge in [0, 0.05) is 38.6 Å². The van der Waals surface area contributed by atoms with Gasteiger partial charge in [0.1, 0.15) is 0 Å². The first-order valence-electron chi connectivity index (χ1n) is 14.1. The molecule has 34 heavy (non-hydrogen) atoms. The Kier molecular flexibility index (Phi) is 7.05. The quantitative estimate of drug-likeness (QED) is 0.400. The minimum atomic E-state index is -0.341. The zero-order valence-corrected chi connectivity index (χ0v) is 25.0. The molecule has 3 saturated heterocycles. The number of hydrogen-bond donors (Lipinski definition) is 4. The lowest BCUT2D eigenvalue weighted by Gasteiger charge is -2.65. The first-order valence-corrected chi connectivity index (χ1v) is 14.1. The monoisotopic (exact) mass is 477 g/mol. The third kappa shape index (κ3) is 5.87. The maximum Gasteiger partial charge on any atom is 0.0576 e. The Balaban J connectivity index is 2.23. The maximum absolute atomic E-state index is 12.1. The maximum atomic E-state index is 12.1. The van der Waals surface area contributed by atoms with E-state index in [-0.39, 0.29) is 44.8 Å². The molecule has 200 valence electrons. The van der Waals surface area contributed by atoms with Gasteiger partial charge in [-0.3, -0.25) is 0 Å². The van der Waals surface area contributed by atoms with Gasteiger partial charge >= 0.3 is 0 Å². The van der Waals surface area contributed by atoms with E-state index in [1.165, 1.54) is 0 Å². The lowest BCUT2D eigenvalue weighted by Crippen LogP contribution is -2.69. The fourth-order valence-electron chi connectivity index (χ4n) is 10.1. The summed E-state index contributed by atoms with van der Waals surface area (Å²) in [7, 11) is 0. The van der Waals surface area contributed by atoms with E-state index in [0.717, 1.165) is 38.5 Å². The first-order chi connectivity index (χ1) is 15.0. The van der Waals surface area contributed by atoms with Crippen LogP contribution >= 0.6 is 0 Å². The summed E-state index contributed by atoms with van der Waals surface area (Å²) in [4.78, 5) is 0. The summed E-state index contributed by atoms with van der Waals surface area (Å²) in [6.45, 7) is 30.6. The van der Waals surface area contributed by atoms with Crippen molar-refractivity contribution >= 4 is 0 Å². The molecule has 1 unspecified atom stereocenters. The van der Waals surface area contributed by atoms with Gasteiger partial charge in [0.25, 0.3) is 0 Å². The van der Waals surface area contributed by atoms with Crippen LogP contribution in [0.3, 0.4) is 0 Å². The van der Waals surface area contributed by atoms with E-state index in [1.54, 1.807) is 0 Å². The summed E-state index contributed by atoms with van der Waals surface area (Å²) in [5, 5.41) is 23.9. The van der Waals surface area contributed by atoms with Crippen molar-refractivity contribution in [2.24, 2.45) is 23.2 Å². The van der Waals surface area contributed by atoms with Gasteiger partial charge in [-0.15, -0.1) is 0 Å². The van der Waals surface area contributed by atoms with Crippen LogP contribution in [-0.2, 0) is 0 Å². The molecule has 3 fully saturated rings. The zero-order chi connectivity index (χ0) is 26.2. The Morgan fingerprint density at radius 3 is 0.824 bits per heavy atom. The molecule has 0 saturated carbocycles. The van der Waals surface area contributed by atoms with Gasteiger partial charge in [-0.1, -0.05) is 0 Å². The highest BCUT2D eigenvalue weighted by molar-refractivity contribution is 5.14. The molecule has 0 amide bonds. The number of piperidine rings is 3. The standard InChI is InChI=1S/C30H59N3O/c1-20(34)30(21-14-24(2,3)31-25(4,5)15-21,22-16-26(6,7)32-27(8,9)17-22)23-18-28(10,11)33-29(12,13)19-23/h20-23,31-34H,14-19H2,1-13H3. The van der Waals surface area contributed by atoms with Gasteiger partial charge in [0.05, 0.1) is 6.10 Å². The molecular weight excluding hydrogens is 418 g/mol. The fourth-order valence-corrected chi connectivity index (χ4v) is 10.1. The van der Waals surface area contributed by atoms with Gasteiger partial charge in [0.15, 0.2) is 0 Å². The Hall–Kier alpha value is -0.160. The Labute approximate surface area is 212 Å². The molecule has 3 aliphatic heterocycles. The molecule has 0 aliphatic carbocycles. The van der Waals surface area contributed by atoms with Crippen molar-refractivity contribution in [3.05, 3.63) is 0 Å². The van der Waals surface area contributed by atoms with Crippen LogP contribution in [0, 0.1) is 23.2 Å². The molecule has 3 heterocycles. The molecule has 4 nitrogen and oxygen atoms in total. The molecule has 3 rings (SSSR count). The van der Waals surface area contributed by atoms with Gasteiger partial charge in [0.2, 0.25) is 0 Å². The van der Waals surface area contributed by atoms with E-state index in [4.69, 9.17) is 0 Å². The topological polar surface area (TPSA) is 56.3 Å². The van der Waals surface area contributed by atoms with Crippen molar-refractivity contribution in [2.75, 3.05) is 0 Å². The third-order valence-electron chi connectivity index (χ3n) is 9.42. The fraction of sp³-hybridized carbons (Fsp3) is 1.00. The van der Waals surface area contributed by atoms with Crippen LogP contribution in [0.25, 0.3) is 0 Å². The zero-order valence-electron chi connectivity index (χ0n) is 25.0. The molecular formula is C30H59N3O. The van der Waals surface area contributed by atoms with Crippen molar-refractivity contribution in [3.8, 4) is 0 Å². The molecule has 0 bridgehead atoms. The normalized spacial score (nSPS) is 32.3. The summed E-state index contributed by atoms with van der Waals surface area (Å²) < 4.78 is 0.